The van der Waals surface area contributed by atoms with E-state index < -0.39 is 54.4 Å². The molecule has 17 heteroatoms. The second kappa shape index (κ2) is 23.1. The molecule has 1 aromatic carbocycles. The van der Waals surface area contributed by atoms with Gasteiger partial charge in [-0.2, -0.15) is 0 Å². The van der Waals surface area contributed by atoms with E-state index in [0.29, 0.717) is 25.8 Å². The largest absolute Gasteiger partial charge is 0.481 e. The minimum Gasteiger partial charge on any atom is -0.481 e. The molecule has 1 rings (SSSR count). The van der Waals surface area contributed by atoms with Gasteiger partial charge in [-0.05, 0) is 24.8 Å². The van der Waals surface area contributed by atoms with Gasteiger partial charge in [0.25, 0.3) is 0 Å². The van der Waals surface area contributed by atoms with Crippen molar-refractivity contribution in [2.24, 2.45) is 39.4 Å². The monoisotopic (exact) mass is 547 g/mol. The van der Waals surface area contributed by atoms with Gasteiger partial charge in [0.1, 0.15) is 18.1 Å². The number of guanidine groups is 1. The van der Waals surface area contributed by atoms with Crippen molar-refractivity contribution in [2.75, 3.05) is 13.1 Å². The Morgan fingerprint density at radius 3 is 1.50 bits per heavy atom. The molecule has 0 saturated heterocycles. The smallest absolute Gasteiger partial charge is 0.321 e. The third-order valence-electron chi connectivity index (χ3n) is 3.79. The number of nitrogens with two attached hydrogens (primary N) is 6. The van der Waals surface area contributed by atoms with Gasteiger partial charge in [-0.15, -0.1) is 0 Å². The molecule has 216 valence electrons. The number of aliphatic carboxylic acids is 5. The van der Waals surface area contributed by atoms with Gasteiger partial charge in [0.15, 0.2) is 5.96 Å². The number of rotatable bonds is 12. The maximum atomic E-state index is 10.4. The minimum absolute atomic E-state index is 0.0129. The molecule has 1 aromatic rings. The Labute approximate surface area is 218 Å². The van der Waals surface area contributed by atoms with Crippen molar-refractivity contribution in [1.82, 2.24) is 0 Å². The molecule has 0 fully saturated rings. The standard InChI is InChI=1S/C9H11NO2.C6H14N4O2.C4H7NO4.C2H5NO2/c10-8(9(11)12)6-7-4-2-1-3-5-7;7-4(5(11)12)2-1-3-10-6(8)9;5-2(4(8)9)1-3(6)7;3-1-2(4)5/h1-5,8H,6,10H2,(H,11,12);4H,1-3,7H2,(H,11,12)(H4,8,9,10);2H,1,5H2,(H,6,7)(H,8,9);1,3H2,(H,4,5). The molecule has 0 aliphatic heterocycles. The molecule has 0 heterocycles. The highest BCUT2D eigenvalue weighted by Crippen LogP contribution is 2.01. The molecule has 3 atom stereocenters. The lowest BCUT2D eigenvalue weighted by Gasteiger charge is -2.04. The number of benzene rings is 1. The number of nitrogens with zero attached hydrogens (tertiary/aromatic N) is 1. The molecule has 38 heavy (non-hydrogen) atoms. The molecule has 0 saturated carbocycles. The van der Waals surface area contributed by atoms with E-state index in [-0.39, 0.29) is 12.5 Å². The van der Waals surface area contributed by atoms with Gasteiger partial charge in [-0.3, -0.25) is 29.0 Å². The topological polar surface area (TPSA) is 355 Å². The fraction of sp³-hybridized carbons (Fsp3) is 0.429. The van der Waals surface area contributed by atoms with Crippen molar-refractivity contribution in [1.29, 1.82) is 0 Å². The second-order valence-corrected chi connectivity index (χ2v) is 7.17. The van der Waals surface area contributed by atoms with E-state index >= 15 is 0 Å². The SMILES string of the molecule is NC(CC(=O)O)C(=O)O.NC(Cc1ccccc1)C(=O)O.NC(N)=NCCCC(N)C(=O)O.NCC(=O)O. The van der Waals surface area contributed by atoms with Crippen LogP contribution in [0.15, 0.2) is 35.3 Å². The van der Waals surface area contributed by atoms with E-state index in [1.165, 1.54) is 0 Å². The summed E-state index contributed by atoms with van der Waals surface area (Å²) in [6.07, 6.45) is 0.809. The summed E-state index contributed by atoms with van der Waals surface area (Å²) in [6.45, 7) is 0.142. The molecular formula is C21H37N7O10. The van der Waals surface area contributed by atoms with Crippen molar-refractivity contribution in [3.05, 3.63) is 35.9 Å². The molecule has 0 spiro atoms. The van der Waals surface area contributed by atoms with Crippen molar-refractivity contribution in [2.45, 2.75) is 43.8 Å². The van der Waals surface area contributed by atoms with Crippen LogP contribution in [0.5, 0.6) is 0 Å². The molecule has 0 aliphatic rings. The Morgan fingerprint density at radius 2 is 1.18 bits per heavy atom. The summed E-state index contributed by atoms with van der Waals surface area (Å²) >= 11 is 0. The summed E-state index contributed by atoms with van der Waals surface area (Å²) < 4.78 is 0. The fourth-order valence-electron chi connectivity index (χ4n) is 1.87. The fourth-order valence-corrected chi connectivity index (χ4v) is 1.87. The molecule has 17 N–H and O–H groups in total. The number of hydrogen-bond donors (Lipinski definition) is 11. The molecule has 17 nitrogen and oxygen atoms in total. The lowest BCUT2D eigenvalue weighted by atomic mass is 10.1. The van der Waals surface area contributed by atoms with E-state index in [2.05, 4.69) is 10.7 Å². The van der Waals surface area contributed by atoms with Crippen molar-refractivity contribution in [3.8, 4) is 0 Å². The van der Waals surface area contributed by atoms with Crippen LogP contribution in [0, 0.1) is 0 Å². The van der Waals surface area contributed by atoms with Crippen LogP contribution >= 0.6 is 0 Å². The Morgan fingerprint density at radius 1 is 0.737 bits per heavy atom. The summed E-state index contributed by atoms with van der Waals surface area (Å²) in [7, 11) is 0. The number of aliphatic imine (C=N–C) groups is 1. The van der Waals surface area contributed by atoms with Crippen LogP contribution in [0.4, 0.5) is 0 Å². The summed E-state index contributed by atoms with van der Waals surface area (Å²) in [4.78, 5) is 53.1. The van der Waals surface area contributed by atoms with Gasteiger partial charge in [-0.1, -0.05) is 30.3 Å². The van der Waals surface area contributed by atoms with E-state index in [0.717, 1.165) is 5.56 Å². The van der Waals surface area contributed by atoms with Gasteiger partial charge in [0.2, 0.25) is 0 Å². The van der Waals surface area contributed by atoms with Crippen LogP contribution in [0.3, 0.4) is 0 Å². The highest BCUT2D eigenvalue weighted by atomic mass is 16.4. The number of carboxylic acid groups (broad SMARTS) is 5. The van der Waals surface area contributed by atoms with Crippen LogP contribution in [-0.4, -0.2) is 92.6 Å². The second-order valence-electron chi connectivity index (χ2n) is 7.17. The minimum atomic E-state index is -1.29. The van der Waals surface area contributed by atoms with Crippen LogP contribution in [0.1, 0.15) is 24.8 Å². The van der Waals surface area contributed by atoms with Crippen molar-refractivity contribution >= 4 is 35.8 Å². The zero-order valence-corrected chi connectivity index (χ0v) is 20.6. The Bertz CT molecular complexity index is 880. The third-order valence-corrected chi connectivity index (χ3v) is 3.79. The Hall–Kier alpha value is -4.32. The number of carboxylic acids is 5. The normalized spacial score (nSPS) is 11.7. The molecule has 0 bridgehead atoms. The average Bonchev–Trinajstić information content (AvgIpc) is 2.82. The third kappa shape index (κ3) is 27.9. The predicted molar refractivity (Wildman–Crippen MR) is 136 cm³/mol. The van der Waals surface area contributed by atoms with E-state index in [1.807, 2.05) is 30.3 Å². The van der Waals surface area contributed by atoms with Gasteiger partial charge in [-0.25, -0.2) is 0 Å². The summed E-state index contributed by atoms with van der Waals surface area (Å²) in [5, 5.41) is 40.5. The molecule has 0 aromatic heterocycles. The first-order valence-electron chi connectivity index (χ1n) is 10.7. The van der Waals surface area contributed by atoms with E-state index in [9.17, 15) is 24.0 Å². The van der Waals surface area contributed by atoms with Gasteiger partial charge >= 0.3 is 29.8 Å². The summed E-state index contributed by atoms with van der Waals surface area (Å²) in [5.41, 5.74) is 31.0. The predicted octanol–water partition coefficient (Wildman–Crippen LogP) is -3.00. The quantitative estimate of drug-likeness (QED) is 0.0704. The van der Waals surface area contributed by atoms with Crippen LogP contribution in [0.2, 0.25) is 0 Å². The van der Waals surface area contributed by atoms with Gasteiger partial charge in [0, 0.05) is 6.54 Å². The molecule has 3 unspecified atom stereocenters. The van der Waals surface area contributed by atoms with Crippen LogP contribution < -0.4 is 34.4 Å². The Balaban J connectivity index is -0.000000449. The summed E-state index contributed by atoms with van der Waals surface area (Å²) in [6, 6.07) is 6.43. The highest BCUT2D eigenvalue weighted by molar-refractivity contribution is 5.80. The van der Waals surface area contributed by atoms with Gasteiger partial charge in [0.05, 0.1) is 13.0 Å². The van der Waals surface area contributed by atoms with Crippen molar-refractivity contribution in [3.63, 3.8) is 0 Å². The summed E-state index contributed by atoms with van der Waals surface area (Å²) in [5.74, 6) is -5.41. The maximum Gasteiger partial charge on any atom is 0.321 e. The highest BCUT2D eigenvalue weighted by Gasteiger charge is 2.14. The average molecular weight is 548 g/mol. The Kier molecular flexibility index (Phi) is 23.2. The number of carbonyl (C=O) groups is 5. The molecular weight excluding hydrogens is 510 g/mol. The zero-order valence-electron chi connectivity index (χ0n) is 20.6. The van der Waals surface area contributed by atoms with Gasteiger partial charge < -0.3 is 59.9 Å². The van der Waals surface area contributed by atoms with Crippen LogP contribution in [-0.2, 0) is 30.4 Å². The first kappa shape index (κ1) is 38.2. The number of hydrogen-bond acceptors (Lipinski definition) is 10. The molecule has 0 amide bonds. The van der Waals surface area contributed by atoms with Crippen LogP contribution in [0.25, 0.3) is 0 Å². The van der Waals surface area contributed by atoms with Crippen molar-refractivity contribution < 1.29 is 49.5 Å². The lowest BCUT2D eigenvalue weighted by molar-refractivity contribution is -0.144. The van der Waals surface area contributed by atoms with E-state index in [1.54, 1.807) is 0 Å². The maximum absolute atomic E-state index is 10.4. The first-order chi connectivity index (χ1) is 17.5. The zero-order chi connectivity index (χ0) is 30.3. The molecule has 0 radical (unpaired) electrons. The van der Waals surface area contributed by atoms with E-state index in [4.69, 9.17) is 54.2 Å². The molecule has 0 aliphatic carbocycles. The lowest BCUT2D eigenvalue weighted by Crippen LogP contribution is -2.32. The first-order valence-corrected chi connectivity index (χ1v) is 10.7.